The fourth-order valence-electron chi connectivity index (χ4n) is 2.67. The second-order valence-electron chi connectivity index (χ2n) is 7.34. The van der Waals surface area contributed by atoms with E-state index >= 15 is 0 Å². The number of benzene rings is 1. The number of rotatable bonds is 14. The Balaban J connectivity index is 2.86. The number of hydrogen-bond acceptors (Lipinski definition) is 8. The normalized spacial score (nSPS) is 12.5. The molecule has 0 aliphatic carbocycles. The van der Waals surface area contributed by atoms with Crippen LogP contribution < -0.4 is 14.8 Å². The number of carbonyl (C=O) groups excluding carboxylic acids is 3. The number of aliphatic carboxylic acids is 1. The molecule has 0 radical (unpaired) electrons. The van der Waals surface area contributed by atoms with Crippen LogP contribution >= 0.6 is 0 Å². The van der Waals surface area contributed by atoms with Gasteiger partial charge in [-0.05, 0) is 37.5 Å². The number of carboxylic acid groups (broad SMARTS) is 1. The van der Waals surface area contributed by atoms with Crippen LogP contribution in [0.2, 0.25) is 0 Å². The molecule has 2 N–H and O–H groups in total. The maximum atomic E-state index is 11.8. The Morgan fingerprint density at radius 2 is 1.59 bits per heavy atom. The highest BCUT2D eigenvalue weighted by molar-refractivity contribution is 5.76. The smallest absolute Gasteiger partial charge is 0.321 e. The van der Waals surface area contributed by atoms with Crippen molar-refractivity contribution in [1.29, 1.82) is 0 Å². The van der Waals surface area contributed by atoms with E-state index in [2.05, 4.69) is 5.32 Å². The van der Waals surface area contributed by atoms with Gasteiger partial charge in [0, 0.05) is 25.8 Å². The summed E-state index contributed by atoms with van der Waals surface area (Å²) in [6.07, 6.45) is 1.81. The number of esters is 3. The summed E-state index contributed by atoms with van der Waals surface area (Å²) in [7, 11) is 0. The van der Waals surface area contributed by atoms with Gasteiger partial charge >= 0.3 is 23.9 Å². The Kier molecular flexibility index (Phi) is 12.0. The van der Waals surface area contributed by atoms with Crippen LogP contribution in [0.5, 0.6) is 11.5 Å². The summed E-state index contributed by atoms with van der Waals surface area (Å²) in [5, 5.41) is 12.5. The van der Waals surface area contributed by atoms with Crippen molar-refractivity contribution in [1.82, 2.24) is 5.32 Å². The molecule has 1 aromatic carbocycles. The molecule has 0 aliphatic rings. The molecule has 1 rings (SSSR count). The van der Waals surface area contributed by atoms with Crippen molar-refractivity contribution in [2.45, 2.75) is 78.4 Å². The lowest BCUT2D eigenvalue weighted by atomic mass is 10.0. The number of unbranched alkanes of at least 4 members (excludes halogenated alkanes) is 1. The topological polar surface area (TPSA) is 128 Å². The van der Waals surface area contributed by atoms with Crippen molar-refractivity contribution >= 4 is 23.9 Å². The standard InChI is InChI=1S/C23H33NO8/c1-5-8-9-22(27)30-15(4)14-24-17(23(28)29)12-16-10-11-18(31-20(25)6-2)19(13-16)32-21(26)7-3/h10-11,13,15,17,24H,5-9,12,14H2,1-4H3,(H,28,29)/t15?,17-/m0/s1. The SMILES string of the molecule is CCCCC(=O)OC(C)CN[C@@H](Cc1ccc(OC(=O)CC)c(OC(=O)CC)c1)C(=O)O. The monoisotopic (exact) mass is 451 g/mol. The van der Waals surface area contributed by atoms with Crippen molar-refractivity contribution in [3.63, 3.8) is 0 Å². The predicted octanol–water partition coefficient (Wildman–Crippen LogP) is 3.02. The third-order valence-electron chi connectivity index (χ3n) is 4.49. The summed E-state index contributed by atoms with van der Waals surface area (Å²) in [6, 6.07) is 3.59. The Morgan fingerprint density at radius 3 is 2.16 bits per heavy atom. The summed E-state index contributed by atoms with van der Waals surface area (Å²) in [4.78, 5) is 46.8. The molecule has 0 fully saturated rings. The molecule has 9 heteroatoms. The van der Waals surface area contributed by atoms with Crippen molar-refractivity contribution in [2.24, 2.45) is 0 Å². The van der Waals surface area contributed by atoms with E-state index in [4.69, 9.17) is 14.2 Å². The van der Waals surface area contributed by atoms with Gasteiger partial charge in [0.15, 0.2) is 11.5 Å². The fraction of sp³-hybridized carbons (Fsp3) is 0.565. The van der Waals surface area contributed by atoms with Crippen LogP contribution in [-0.2, 0) is 30.3 Å². The Bertz CT molecular complexity index is 792. The molecule has 0 saturated heterocycles. The Hall–Kier alpha value is -2.94. The third kappa shape index (κ3) is 9.91. The molecule has 0 bridgehead atoms. The minimum absolute atomic E-state index is 0.0542. The summed E-state index contributed by atoms with van der Waals surface area (Å²) < 4.78 is 15.7. The lowest BCUT2D eigenvalue weighted by Gasteiger charge is -2.19. The van der Waals surface area contributed by atoms with Gasteiger partial charge in [-0.2, -0.15) is 0 Å². The van der Waals surface area contributed by atoms with Crippen LogP contribution in [0.1, 0.15) is 65.4 Å². The third-order valence-corrected chi connectivity index (χ3v) is 4.49. The maximum absolute atomic E-state index is 11.8. The molecule has 2 atom stereocenters. The van der Waals surface area contributed by atoms with Gasteiger partial charge in [0.2, 0.25) is 0 Å². The number of nitrogens with one attached hydrogen (secondary N) is 1. The first-order valence-corrected chi connectivity index (χ1v) is 10.9. The largest absolute Gasteiger partial charge is 0.480 e. The van der Waals surface area contributed by atoms with Crippen LogP contribution in [0.3, 0.4) is 0 Å². The van der Waals surface area contributed by atoms with Crippen LogP contribution in [0.4, 0.5) is 0 Å². The van der Waals surface area contributed by atoms with Crippen molar-refractivity contribution in [2.75, 3.05) is 6.54 Å². The van der Waals surface area contributed by atoms with Crippen LogP contribution in [0.15, 0.2) is 18.2 Å². The van der Waals surface area contributed by atoms with Gasteiger partial charge in [-0.25, -0.2) is 0 Å². The van der Waals surface area contributed by atoms with Gasteiger partial charge in [0.1, 0.15) is 12.1 Å². The molecule has 0 aliphatic heterocycles. The first-order valence-electron chi connectivity index (χ1n) is 10.9. The summed E-state index contributed by atoms with van der Waals surface area (Å²) >= 11 is 0. The van der Waals surface area contributed by atoms with Crippen LogP contribution in [0, 0.1) is 0 Å². The summed E-state index contributed by atoms with van der Waals surface area (Å²) in [5.74, 6) is -2.24. The highest BCUT2D eigenvalue weighted by Crippen LogP contribution is 2.30. The predicted molar refractivity (Wildman–Crippen MR) is 117 cm³/mol. The van der Waals surface area contributed by atoms with Crippen molar-refractivity contribution < 1.29 is 38.5 Å². The van der Waals surface area contributed by atoms with Crippen molar-refractivity contribution in [3.05, 3.63) is 23.8 Å². The van der Waals surface area contributed by atoms with E-state index in [-0.39, 0.29) is 43.3 Å². The van der Waals surface area contributed by atoms with E-state index < -0.39 is 30.1 Å². The zero-order chi connectivity index (χ0) is 24.1. The molecule has 178 valence electrons. The Labute approximate surface area is 188 Å². The van der Waals surface area contributed by atoms with Crippen LogP contribution in [-0.4, -0.2) is 47.7 Å². The molecule has 0 saturated carbocycles. The van der Waals surface area contributed by atoms with E-state index in [1.165, 1.54) is 12.1 Å². The maximum Gasteiger partial charge on any atom is 0.321 e. The minimum atomic E-state index is -1.08. The second-order valence-corrected chi connectivity index (χ2v) is 7.34. The molecular weight excluding hydrogens is 418 g/mol. The molecule has 9 nitrogen and oxygen atoms in total. The van der Waals surface area contributed by atoms with Crippen molar-refractivity contribution in [3.8, 4) is 11.5 Å². The van der Waals surface area contributed by atoms with Gasteiger partial charge in [0.05, 0.1) is 0 Å². The first kappa shape index (κ1) is 27.1. The lowest BCUT2D eigenvalue weighted by Crippen LogP contribution is -2.42. The quantitative estimate of drug-likeness (QED) is 0.324. The molecule has 1 unspecified atom stereocenters. The first-order chi connectivity index (χ1) is 15.2. The molecule has 0 heterocycles. The fourth-order valence-corrected chi connectivity index (χ4v) is 2.67. The molecule has 0 spiro atoms. The van der Waals surface area contributed by atoms with Gasteiger partial charge in [-0.15, -0.1) is 0 Å². The van der Waals surface area contributed by atoms with E-state index in [0.717, 1.165) is 12.8 Å². The molecular formula is C23H33NO8. The molecule has 0 aromatic heterocycles. The zero-order valence-corrected chi connectivity index (χ0v) is 19.1. The van der Waals surface area contributed by atoms with E-state index in [9.17, 15) is 24.3 Å². The van der Waals surface area contributed by atoms with Gasteiger partial charge in [0.25, 0.3) is 0 Å². The number of ether oxygens (including phenoxy) is 3. The van der Waals surface area contributed by atoms with Gasteiger partial charge < -0.3 is 24.6 Å². The number of carbonyl (C=O) groups is 4. The van der Waals surface area contributed by atoms with Crippen LogP contribution in [0.25, 0.3) is 0 Å². The average molecular weight is 452 g/mol. The highest BCUT2D eigenvalue weighted by atomic mass is 16.6. The molecule has 1 aromatic rings. The summed E-state index contributed by atoms with van der Waals surface area (Å²) in [5.41, 5.74) is 0.563. The molecule has 0 amide bonds. The highest BCUT2D eigenvalue weighted by Gasteiger charge is 2.21. The van der Waals surface area contributed by atoms with E-state index in [0.29, 0.717) is 12.0 Å². The zero-order valence-electron chi connectivity index (χ0n) is 19.1. The number of carboxylic acids is 1. The van der Waals surface area contributed by atoms with E-state index in [1.54, 1.807) is 26.8 Å². The number of hydrogen-bond donors (Lipinski definition) is 2. The second kappa shape index (κ2) is 14.2. The summed E-state index contributed by atoms with van der Waals surface area (Å²) in [6.45, 7) is 7.10. The van der Waals surface area contributed by atoms with Gasteiger partial charge in [-0.3, -0.25) is 19.2 Å². The Morgan fingerprint density at radius 1 is 0.969 bits per heavy atom. The van der Waals surface area contributed by atoms with Gasteiger partial charge in [-0.1, -0.05) is 33.3 Å². The van der Waals surface area contributed by atoms with E-state index in [1.807, 2.05) is 6.92 Å². The average Bonchev–Trinajstić information content (AvgIpc) is 2.76. The molecule has 32 heavy (non-hydrogen) atoms. The minimum Gasteiger partial charge on any atom is -0.480 e. The lowest BCUT2D eigenvalue weighted by molar-refractivity contribution is -0.148.